The van der Waals surface area contributed by atoms with Gasteiger partial charge in [-0.1, -0.05) is 35.9 Å². The van der Waals surface area contributed by atoms with Crippen LogP contribution in [0.2, 0.25) is 5.02 Å². The fourth-order valence-electron chi connectivity index (χ4n) is 3.55. The Balaban J connectivity index is 1.66. The number of halogens is 1. The second-order valence-electron chi connectivity index (χ2n) is 6.67. The predicted octanol–water partition coefficient (Wildman–Crippen LogP) is 0.969. The minimum Gasteiger partial charge on any atom is -0.370 e. The fraction of sp³-hybridized carbons (Fsp3) is 0.250. The standard InChI is InChI=1S/C20H17ClN2O4/c21-12-9-15-18(20(26)14-4-2-1-3-13(14)19(15)25)16(10-12)22-17(24)11-23-5-7-27-8-6-23/h1-4,9-10H,5-8,11H2,(H,22,24)/p+1. The van der Waals surface area contributed by atoms with E-state index in [4.69, 9.17) is 16.3 Å². The number of ether oxygens (including phenoxy) is 1. The second kappa shape index (κ2) is 7.23. The van der Waals surface area contributed by atoms with E-state index >= 15 is 0 Å². The first kappa shape index (κ1) is 17.9. The van der Waals surface area contributed by atoms with Crippen molar-refractivity contribution in [3.63, 3.8) is 0 Å². The van der Waals surface area contributed by atoms with Crippen LogP contribution in [0.15, 0.2) is 36.4 Å². The number of carbonyl (C=O) groups is 3. The first-order valence-corrected chi connectivity index (χ1v) is 9.15. The molecule has 1 aliphatic carbocycles. The first-order chi connectivity index (χ1) is 13.0. The maximum absolute atomic E-state index is 13.0. The molecule has 0 atom stereocenters. The van der Waals surface area contributed by atoms with E-state index in [1.165, 1.54) is 12.1 Å². The number of hydrogen-bond acceptors (Lipinski definition) is 4. The molecule has 1 amide bonds. The van der Waals surface area contributed by atoms with Gasteiger partial charge >= 0.3 is 0 Å². The third kappa shape index (κ3) is 3.39. The van der Waals surface area contributed by atoms with Crippen LogP contribution in [0.5, 0.6) is 0 Å². The van der Waals surface area contributed by atoms with E-state index < -0.39 is 0 Å². The molecular formula is C20H18ClN2O4+. The molecule has 0 radical (unpaired) electrons. The van der Waals surface area contributed by atoms with Crippen molar-refractivity contribution in [2.24, 2.45) is 0 Å². The van der Waals surface area contributed by atoms with Crippen molar-refractivity contribution >= 4 is 34.8 Å². The number of morpholine rings is 1. The van der Waals surface area contributed by atoms with Crippen molar-refractivity contribution in [1.29, 1.82) is 0 Å². The molecule has 0 bridgehead atoms. The molecule has 1 aliphatic heterocycles. The maximum Gasteiger partial charge on any atom is 0.279 e. The van der Waals surface area contributed by atoms with Gasteiger partial charge in [-0.05, 0) is 12.1 Å². The van der Waals surface area contributed by atoms with Gasteiger partial charge in [0, 0.05) is 21.7 Å². The molecule has 2 N–H and O–H groups in total. The molecule has 7 heteroatoms. The van der Waals surface area contributed by atoms with Gasteiger partial charge in [0.25, 0.3) is 5.91 Å². The lowest BCUT2D eigenvalue weighted by atomic mass is 9.83. The van der Waals surface area contributed by atoms with Crippen molar-refractivity contribution in [3.05, 3.63) is 63.7 Å². The van der Waals surface area contributed by atoms with E-state index in [2.05, 4.69) is 5.32 Å². The number of benzene rings is 2. The van der Waals surface area contributed by atoms with Gasteiger partial charge in [0.1, 0.15) is 13.1 Å². The minimum absolute atomic E-state index is 0.202. The molecule has 2 aromatic carbocycles. The number of fused-ring (bicyclic) bond motifs is 2. The molecule has 1 fully saturated rings. The number of carbonyl (C=O) groups excluding carboxylic acids is 3. The summed E-state index contributed by atoms with van der Waals surface area (Å²) in [6, 6.07) is 9.68. The van der Waals surface area contributed by atoms with E-state index in [1.54, 1.807) is 24.3 Å². The summed E-state index contributed by atoms with van der Waals surface area (Å²) >= 11 is 6.16. The number of quaternary nitrogens is 1. The molecule has 0 saturated carbocycles. The Labute approximate surface area is 161 Å². The highest BCUT2D eigenvalue weighted by Crippen LogP contribution is 2.34. The average Bonchev–Trinajstić information content (AvgIpc) is 2.66. The molecule has 2 aliphatic rings. The normalized spacial score (nSPS) is 16.6. The molecule has 2 aromatic rings. The van der Waals surface area contributed by atoms with Crippen molar-refractivity contribution in [1.82, 2.24) is 0 Å². The zero-order valence-corrected chi connectivity index (χ0v) is 15.3. The lowest BCUT2D eigenvalue weighted by Gasteiger charge is -2.24. The Morgan fingerprint density at radius 2 is 1.70 bits per heavy atom. The van der Waals surface area contributed by atoms with Crippen LogP contribution in [0.3, 0.4) is 0 Å². The summed E-state index contributed by atoms with van der Waals surface area (Å²) in [5.74, 6) is -0.779. The first-order valence-electron chi connectivity index (χ1n) is 8.77. The highest BCUT2D eigenvalue weighted by atomic mass is 35.5. The highest BCUT2D eigenvalue weighted by Gasteiger charge is 2.32. The second-order valence-corrected chi connectivity index (χ2v) is 7.10. The monoisotopic (exact) mass is 385 g/mol. The van der Waals surface area contributed by atoms with Gasteiger partial charge in [0.05, 0.1) is 24.5 Å². The molecule has 6 nitrogen and oxygen atoms in total. The van der Waals surface area contributed by atoms with Crippen molar-refractivity contribution in [3.8, 4) is 0 Å². The average molecular weight is 386 g/mol. The third-order valence-corrected chi connectivity index (χ3v) is 5.09. The van der Waals surface area contributed by atoms with Gasteiger partial charge < -0.3 is 15.0 Å². The highest BCUT2D eigenvalue weighted by molar-refractivity contribution is 6.35. The summed E-state index contributed by atoms with van der Waals surface area (Å²) in [5.41, 5.74) is 1.40. The smallest absolute Gasteiger partial charge is 0.279 e. The molecule has 0 spiro atoms. The summed E-state index contributed by atoms with van der Waals surface area (Å²) in [6.45, 7) is 3.03. The molecule has 1 heterocycles. The van der Waals surface area contributed by atoms with Crippen LogP contribution in [-0.4, -0.2) is 50.3 Å². The molecule has 27 heavy (non-hydrogen) atoms. The third-order valence-electron chi connectivity index (χ3n) is 4.88. The van der Waals surface area contributed by atoms with Crippen LogP contribution in [0.25, 0.3) is 0 Å². The van der Waals surface area contributed by atoms with Gasteiger partial charge in [-0.2, -0.15) is 0 Å². The molecule has 1 saturated heterocycles. The van der Waals surface area contributed by atoms with Gasteiger partial charge in [0.15, 0.2) is 18.1 Å². The van der Waals surface area contributed by atoms with Crippen molar-refractivity contribution in [2.45, 2.75) is 0 Å². The Hall–Kier alpha value is -2.54. The summed E-state index contributed by atoms with van der Waals surface area (Å²) < 4.78 is 5.30. The van der Waals surface area contributed by atoms with Gasteiger partial charge in [0.2, 0.25) is 0 Å². The van der Waals surface area contributed by atoms with Crippen molar-refractivity contribution in [2.75, 3.05) is 38.2 Å². The van der Waals surface area contributed by atoms with Crippen LogP contribution in [-0.2, 0) is 9.53 Å². The summed E-state index contributed by atoms with van der Waals surface area (Å²) in [5, 5.41) is 3.08. The van der Waals surface area contributed by atoms with Crippen molar-refractivity contribution < 1.29 is 24.0 Å². The molecule has 4 rings (SSSR count). The van der Waals surface area contributed by atoms with E-state index in [9.17, 15) is 14.4 Å². The Bertz CT molecular complexity index is 951. The SMILES string of the molecule is O=C(C[NH+]1CCOCC1)Nc1cc(Cl)cc2c1C(=O)c1ccccc1C2=O. The number of hydrogen-bond donors (Lipinski definition) is 2. The van der Waals surface area contributed by atoms with Crippen LogP contribution >= 0.6 is 11.6 Å². The number of nitrogens with one attached hydrogen (secondary N) is 2. The number of anilines is 1. The van der Waals surface area contributed by atoms with Gasteiger partial charge in [-0.3, -0.25) is 14.4 Å². The van der Waals surface area contributed by atoms with Crippen LogP contribution in [0.4, 0.5) is 5.69 Å². The summed E-state index contributed by atoms with van der Waals surface area (Å²) in [4.78, 5) is 39.4. The fourth-order valence-corrected chi connectivity index (χ4v) is 3.76. The number of ketones is 2. The Morgan fingerprint density at radius 1 is 1.04 bits per heavy atom. The van der Waals surface area contributed by atoms with Crippen LogP contribution in [0.1, 0.15) is 31.8 Å². The van der Waals surface area contributed by atoms with Crippen LogP contribution in [0, 0.1) is 0 Å². The van der Waals surface area contributed by atoms with Gasteiger partial charge in [-0.15, -0.1) is 0 Å². The molecule has 0 aromatic heterocycles. The lowest BCUT2D eigenvalue weighted by molar-refractivity contribution is -0.899. The van der Waals surface area contributed by atoms with E-state index in [0.29, 0.717) is 29.4 Å². The summed E-state index contributed by atoms with van der Waals surface area (Å²) in [6.07, 6.45) is 0. The predicted molar refractivity (Wildman–Crippen MR) is 99.8 cm³/mol. The van der Waals surface area contributed by atoms with E-state index in [1.807, 2.05) is 0 Å². The zero-order chi connectivity index (χ0) is 19.0. The lowest BCUT2D eigenvalue weighted by Crippen LogP contribution is -3.15. The topological polar surface area (TPSA) is 76.9 Å². The van der Waals surface area contributed by atoms with E-state index in [0.717, 1.165) is 18.0 Å². The summed E-state index contributed by atoms with van der Waals surface area (Å²) in [7, 11) is 0. The van der Waals surface area contributed by atoms with Gasteiger partial charge in [-0.25, -0.2) is 0 Å². The maximum atomic E-state index is 13.0. The zero-order valence-electron chi connectivity index (χ0n) is 14.5. The quantitative estimate of drug-likeness (QED) is 0.704. The molecule has 138 valence electrons. The molecular weight excluding hydrogens is 368 g/mol. The number of amides is 1. The Kier molecular flexibility index (Phi) is 4.78. The number of rotatable bonds is 3. The van der Waals surface area contributed by atoms with Crippen LogP contribution < -0.4 is 10.2 Å². The Morgan fingerprint density at radius 3 is 2.41 bits per heavy atom. The minimum atomic E-state index is -0.286. The van der Waals surface area contributed by atoms with E-state index in [-0.39, 0.29) is 40.8 Å². The molecule has 0 unspecified atom stereocenters. The largest absolute Gasteiger partial charge is 0.370 e.